The van der Waals surface area contributed by atoms with Gasteiger partial charge in [-0.05, 0) is 23.0 Å². The van der Waals surface area contributed by atoms with Crippen molar-refractivity contribution in [2.75, 3.05) is 0 Å². The molecule has 0 aliphatic carbocycles. The van der Waals surface area contributed by atoms with E-state index in [1.807, 2.05) is 12.1 Å². The summed E-state index contributed by atoms with van der Waals surface area (Å²) in [7, 11) is -0.966. The van der Waals surface area contributed by atoms with Gasteiger partial charge in [-0.2, -0.15) is 0 Å². The second-order valence-electron chi connectivity index (χ2n) is 3.80. The molecule has 1 aliphatic heterocycles. The fraction of sp³-hybridized carbons (Fsp3) is 0.300. The van der Waals surface area contributed by atoms with Gasteiger partial charge in [0.1, 0.15) is 6.04 Å². The van der Waals surface area contributed by atoms with Crippen LogP contribution in [0.5, 0.6) is 0 Å². The molecule has 0 amide bonds. The molecule has 4 N–H and O–H groups in total. The van der Waals surface area contributed by atoms with Crippen LogP contribution in [-0.2, 0) is 22.5 Å². The van der Waals surface area contributed by atoms with Crippen molar-refractivity contribution in [2.45, 2.75) is 19.1 Å². The van der Waals surface area contributed by atoms with E-state index < -0.39 is 19.1 Å². The first-order valence-corrected chi connectivity index (χ1v) is 4.98. The Morgan fingerprint density at radius 3 is 3.06 bits per heavy atom. The summed E-state index contributed by atoms with van der Waals surface area (Å²) in [6.45, 7) is 0.354. The van der Waals surface area contributed by atoms with Gasteiger partial charge in [0.05, 0.1) is 6.61 Å². The molecule has 1 aliphatic rings. The molecule has 0 saturated heterocycles. The van der Waals surface area contributed by atoms with E-state index in [4.69, 9.17) is 15.5 Å². The smallest absolute Gasteiger partial charge is 0.480 e. The van der Waals surface area contributed by atoms with Crippen molar-refractivity contribution in [3.8, 4) is 0 Å². The molecule has 0 spiro atoms. The van der Waals surface area contributed by atoms with Gasteiger partial charge in [-0.25, -0.2) is 0 Å². The zero-order chi connectivity index (χ0) is 11.7. The summed E-state index contributed by atoms with van der Waals surface area (Å²) in [5, 5.41) is 18.3. The molecule has 1 atom stereocenters. The number of aliphatic carboxylic acids is 1. The normalized spacial score (nSPS) is 16.0. The molecule has 0 bridgehead atoms. The Morgan fingerprint density at radius 2 is 2.38 bits per heavy atom. The highest BCUT2D eigenvalue weighted by Crippen LogP contribution is 2.13. The Hall–Kier alpha value is -1.37. The second-order valence-corrected chi connectivity index (χ2v) is 3.80. The van der Waals surface area contributed by atoms with Crippen LogP contribution in [0.4, 0.5) is 0 Å². The molecule has 0 aromatic heterocycles. The highest BCUT2D eigenvalue weighted by molar-refractivity contribution is 6.62. The van der Waals surface area contributed by atoms with Crippen molar-refractivity contribution in [1.82, 2.24) is 0 Å². The SMILES string of the molecule is NC(Cc1cccc2c1B(O)OC2)C(=O)O. The van der Waals surface area contributed by atoms with E-state index in [2.05, 4.69) is 0 Å². The van der Waals surface area contributed by atoms with E-state index in [-0.39, 0.29) is 6.42 Å². The molecule has 0 radical (unpaired) electrons. The van der Waals surface area contributed by atoms with Crippen LogP contribution in [0, 0.1) is 0 Å². The van der Waals surface area contributed by atoms with Crippen molar-refractivity contribution < 1.29 is 19.6 Å². The lowest BCUT2D eigenvalue weighted by atomic mass is 9.75. The second kappa shape index (κ2) is 4.25. The number of rotatable bonds is 3. The molecular formula is C10H12BNO4. The molecule has 6 heteroatoms. The molecule has 5 nitrogen and oxygen atoms in total. The molecule has 16 heavy (non-hydrogen) atoms. The first-order chi connectivity index (χ1) is 7.59. The van der Waals surface area contributed by atoms with E-state index in [0.29, 0.717) is 12.1 Å². The Bertz CT molecular complexity index is 423. The number of carboxylic acids is 1. The topological polar surface area (TPSA) is 92.8 Å². The highest BCUT2D eigenvalue weighted by Gasteiger charge is 2.30. The number of hydrogen-bond acceptors (Lipinski definition) is 4. The summed E-state index contributed by atoms with van der Waals surface area (Å²) < 4.78 is 5.07. The van der Waals surface area contributed by atoms with E-state index >= 15 is 0 Å². The third-order valence-electron chi connectivity index (χ3n) is 2.69. The quantitative estimate of drug-likeness (QED) is 0.561. The summed E-state index contributed by atoms with van der Waals surface area (Å²) >= 11 is 0. The van der Waals surface area contributed by atoms with Crippen molar-refractivity contribution in [2.24, 2.45) is 5.73 Å². The standard InChI is InChI=1S/C10H12BNO4/c12-8(10(13)14)4-6-2-1-3-7-5-16-11(15)9(6)7/h1-3,8,15H,4-5,12H2,(H,13,14). The predicted octanol–water partition coefficient (Wildman–Crippen LogP) is -1.14. The maximum Gasteiger partial charge on any atom is 0.492 e. The van der Waals surface area contributed by atoms with Crippen LogP contribution in [0.15, 0.2) is 18.2 Å². The zero-order valence-electron chi connectivity index (χ0n) is 8.59. The summed E-state index contributed by atoms with van der Waals surface area (Å²) in [6, 6.07) is 4.46. The zero-order valence-corrected chi connectivity index (χ0v) is 8.59. The molecule has 1 heterocycles. The van der Waals surface area contributed by atoms with Crippen LogP contribution in [0.1, 0.15) is 11.1 Å². The van der Waals surface area contributed by atoms with E-state index in [1.165, 1.54) is 0 Å². The van der Waals surface area contributed by atoms with Gasteiger partial charge in [-0.15, -0.1) is 0 Å². The fourth-order valence-electron chi connectivity index (χ4n) is 1.86. The lowest BCUT2D eigenvalue weighted by Crippen LogP contribution is -2.37. The largest absolute Gasteiger partial charge is 0.492 e. The molecule has 84 valence electrons. The van der Waals surface area contributed by atoms with Crippen LogP contribution in [-0.4, -0.2) is 29.3 Å². The van der Waals surface area contributed by atoms with Gasteiger partial charge >= 0.3 is 13.1 Å². The average molecular weight is 221 g/mol. The average Bonchev–Trinajstić information content (AvgIpc) is 2.61. The monoisotopic (exact) mass is 221 g/mol. The maximum atomic E-state index is 10.7. The Balaban J connectivity index is 2.29. The minimum absolute atomic E-state index is 0.193. The van der Waals surface area contributed by atoms with E-state index in [9.17, 15) is 9.82 Å². The third-order valence-corrected chi connectivity index (χ3v) is 2.69. The van der Waals surface area contributed by atoms with Gasteiger partial charge in [-0.3, -0.25) is 4.79 Å². The van der Waals surface area contributed by atoms with Crippen LogP contribution < -0.4 is 11.2 Å². The van der Waals surface area contributed by atoms with Crippen LogP contribution in [0.25, 0.3) is 0 Å². The predicted molar refractivity (Wildman–Crippen MR) is 58.2 cm³/mol. The van der Waals surface area contributed by atoms with Crippen LogP contribution >= 0.6 is 0 Å². The summed E-state index contributed by atoms with van der Waals surface area (Å²) in [6.07, 6.45) is 0.193. The number of hydrogen-bond donors (Lipinski definition) is 3. The van der Waals surface area contributed by atoms with E-state index in [1.54, 1.807) is 6.07 Å². The lowest BCUT2D eigenvalue weighted by molar-refractivity contribution is -0.138. The summed E-state index contributed by atoms with van der Waals surface area (Å²) in [4.78, 5) is 10.7. The molecule has 2 rings (SSSR count). The van der Waals surface area contributed by atoms with Gasteiger partial charge in [0.25, 0.3) is 0 Å². The maximum absolute atomic E-state index is 10.7. The van der Waals surface area contributed by atoms with Gasteiger partial charge in [0.2, 0.25) is 0 Å². The Kier molecular flexibility index (Phi) is 2.96. The minimum atomic E-state index is -1.05. The highest BCUT2D eigenvalue weighted by atomic mass is 16.5. The van der Waals surface area contributed by atoms with Gasteiger partial charge < -0.3 is 20.5 Å². The summed E-state index contributed by atoms with van der Waals surface area (Å²) in [5.41, 5.74) is 7.76. The molecule has 0 saturated carbocycles. The van der Waals surface area contributed by atoms with Crippen molar-refractivity contribution in [1.29, 1.82) is 0 Å². The third kappa shape index (κ3) is 1.95. The Labute approximate surface area is 93.0 Å². The molecule has 1 aromatic rings. The number of carboxylic acid groups (broad SMARTS) is 1. The van der Waals surface area contributed by atoms with Crippen molar-refractivity contribution >= 4 is 18.6 Å². The Morgan fingerprint density at radius 1 is 1.62 bits per heavy atom. The fourth-order valence-corrected chi connectivity index (χ4v) is 1.86. The number of benzene rings is 1. The van der Waals surface area contributed by atoms with E-state index in [0.717, 1.165) is 11.1 Å². The first kappa shape index (κ1) is 11.1. The van der Waals surface area contributed by atoms with Gasteiger partial charge in [0.15, 0.2) is 0 Å². The molecule has 0 fully saturated rings. The first-order valence-electron chi connectivity index (χ1n) is 4.98. The minimum Gasteiger partial charge on any atom is -0.480 e. The van der Waals surface area contributed by atoms with Crippen LogP contribution in [0.3, 0.4) is 0 Å². The number of nitrogens with two attached hydrogens (primary N) is 1. The number of carbonyl (C=O) groups is 1. The lowest BCUT2D eigenvalue weighted by Gasteiger charge is -2.10. The van der Waals surface area contributed by atoms with Gasteiger partial charge in [-0.1, -0.05) is 18.2 Å². The molecule has 1 aromatic carbocycles. The van der Waals surface area contributed by atoms with Gasteiger partial charge in [0, 0.05) is 0 Å². The summed E-state index contributed by atoms with van der Waals surface area (Å²) in [5.74, 6) is -1.05. The van der Waals surface area contributed by atoms with Crippen molar-refractivity contribution in [3.05, 3.63) is 29.3 Å². The molecule has 1 unspecified atom stereocenters. The molecular weight excluding hydrogens is 209 g/mol. The van der Waals surface area contributed by atoms with Crippen molar-refractivity contribution in [3.63, 3.8) is 0 Å². The van der Waals surface area contributed by atoms with Crippen LogP contribution in [0.2, 0.25) is 0 Å². The number of fused-ring (bicyclic) bond motifs is 1.